The van der Waals surface area contributed by atoms with E-state index in [2.05, 4.69) is 94.5 Å². The summed E-state index contributed by atoms with van der Waals surface area (Å²) in [5.41, 5.74) is 3.50. The van der Waals surface area contributed by atoms with E-state index < -0.39 is 20.3 Å². The average molecular weight is 515 g/mol. The summed E-state index contributed by atoms with van der Waals surface area (Å²) >= 11 is 0. The number of hydrogen-bond donors (Lipinski definition) is 2. The number of para-hydroxylation sites is 1. The molecule has 0 amide bonds. The number of benzene rings is 3. The van der Waals surface area contributed by atoms with Crippen LogP contribution in [0.25, 0.3) is 0 Å². The molecule has 5 rings (SSSR count). The largest absolute Gasteiger partial charge is 0.373 e. The van der Waals surface area contributed by atoms with Gasteiger partial charge in [0.25, 0.3) is 0 Å². The molecule has 0 spiro atoms. The first kappa shape index (κ1) is 25.7. The first-order chi connectivity index (χ1) is 18.0. The Bertz CT molecular complexity index is 1140. The number of Topliss-reactive ketones (excluding diaryl/α,β-unsaturated/α-hetero) is 2. The second-order valence-corrected chi connectivity index (χ2v) is 12.0. The van der Waals surface area contributed by atoms with Gasteiger partial charge in [-0.1, -0.05) is 78.9 Å². The molecule has 1 saturated carbocycles. The third kappa shape index (κ3) is 5.53. The minimum absolute atomic E-state index is 0.305. The van der Waals surface area contributed by atoms with Crippen LogP contribution >= 0.6 is 8.22 Å². The van der Waals surface area contributed by atoms with Gasteiger partial charge in [-0.15, -0.1) is 0 Å². The second kappa shape index (κ2) is 11.7. The maximum absolute atomic E-state index is 12.4. The summed E-state index contributed by atoms with van der Waals surface area (Å²) in [4.78, 5) is 24.8. The summed E-state index contributed by atoms with van der Waals surface area (Å²) < 4.78 is 5.28. The molecule has 3 aromatic rings. The van der Waals surface area contributed by atoms with Crippen LogP contribution < -0.4 is 10.6 Å². The number of nitrogens with one attached hydrogen (secondary N) is 2. The molecule has 2 fully saturated rings. The number of carbonyl (C=O) groups is 2. The molecule has 1 aliphatic heterocycles. The van der Waals surface area contributed by atoms with E-state index in [1.807, 2.05) is 30.3 Å². The van der Waals surface area contributed by atoms with Crippen molar-refractivity contribution in [2.24, 2.45) is 0 Å². The van der Waals surface area contributed by atoms with Crippen LogP contribution in [-0.2, 0) is 9.59 Å². The van der Waals surface area contributed by atoms with Crippen molar-refractivity contribution in [2.45, 2.75) is 38.0 Å². The SMILES string of the molecule is C[C@@H](c1ccccc1)N1CCN([C@@H](C)c2ccccc2)P1CCNC1C(=O)C(=O)C1Nc1ccccc1. The first-order valence-electron chi connectivity index (χ1n) is 13.1. The van der Waals surface area contributed by atoms with Gasteiger partial charge in [0.2, 0.25) is 11.6 Å². The van der Waals surface area contributed by atoms with Gasteiger partial charge in [0.1, 0.15) is 12.1 Å². The number of nitrogens with zero attached hydrogens (tertiary/aromatic N) is 2. The van der Waals surface area contributed by atoms with Crippen molar-refractivity contribution in [1.82, 2.24) is 14.7 Å². The van der Waals surface area contributed by atoms with Crippen LogP contribution in [0.2, 0.25) is 0 Å². The van der Waals surface area contributed by atoms with Crippen molar-refractivity contribution in [3.8, 4) is 0 Å². The third-order valence-electron chi connectivity index (χ3n) is 7.52. The standard InChI is InChI=1S/C30H35N4O2P/c1-22(24-12-6-3-7-13-24)33-19-20-34(23(2)25-14-8-4-9-15-25)37(33)21-18-31-27-28(30(36)29(27)35)32-26-16-10-5-11-17-26/h3-17,22-23,27-28,31-32H,18-21H2,1-2H3/t22-,23-,27?,28?/m0/s1. The topological polar surface area (TPSA) is 64.7 Å². The van der Waals surface area contributed by atoms with Gasteiger partial charge in [-0.2, -0.15) is 0 Å². The van der Waals surface area contributed by atoms with Crippen molar-refractivity contribution < 1.29 is 9.59 Å². The zero-order chi connectivity index (χ0) is 25.8. The molecule has 1 heterocycles. The van der Waals surface area contributed by atoms with Gasteiger partial charge < -0.3 is 10.6 Å². The minimum atomic E-state index is -0.610. The monoisotopic (exact) mass is 514 g/mol. The summed E-state index contributed by atoms with van der Waals surface area (Å²) in [5.74, 6) is -0.664. The number of rotatable bonds is 10. The van der Waals surface area contributed by atoms with E-state index in [0.29, 0.717) is 18.6 Å². The predicted octanol–water partition coefficient (Wildman–Crippen LogP) is 5.03. The van der Waals surface area contributed by atoms with Crippen LogP contribution in [0.1, 0.15) is 37.1 Å². The number of hydrogen-bond acceptors (Lipinski definition) is 6. The van der Waals surface area contributed by atoms with E-state index >= 15 is 0 Å². The zero-order valence-electron chi connectivity index (χ0n) is 21.5. The molecule has 2 unspecified atom stereocenters. The van der Waals surface area contributed by atoms with Crippen LogP contribution in [0.4, 0.5) is 5.69 Å². The summed E-state index contributed by atoms with van der Waals surface area (Å²) in [6.45, 7) is 7.29. The fourth-order valence-electron chi connectivity index (χ4n) is 5.34. The van der Waals surface area contributed by atoms with Gasteiger partial charge >= 0.3 is 0 Å². The van der Waals surface area contributed by atoms with Gasteiger partial charge in [-0.05, 0) is 37.1 Å². The normalized spacial score (nSPS) is 22.5. The van der Waals surface area contributed by atoms with Crippen LogP contribution in [0.5, 0.6) is 0 Å². The lowest BCUT2D eigenvalue weighted by Crippen LogP contribution is -2.67. The first-order valence-corrected chi connectivity index (χ1v) is 14.5. The molecule has 1 aliphatic carbocycles. The van der Waals surface area contributed by atoms with E-state index in [4.69, 9.17) is 0 Å². The minimum Gasteiger partial charge on any atom is -0.373 e. The third-order valence-corrected chi connectivity index (χ3v) is 10.4. The summed E-state index contributed by atoms with van der Waals surface area (Å²) in [7, 11) is -0.610. The van der Waals surface area contributed by atoms with Crippen LogP contribution in [-0.4, -0.2) is 58.8 Å². The summed E-state index contributed by atoms with van der Waals surface area (Å²) in [5, 5.41) is 6.66. The molecular weight excluding hydrogens is 479 g/mol. The lowest BCUT2D eigenvalue weighted by molar-refractivity contribution is -0.145. The van der Waals surface area contributed by atoms with Crippen LogP contribution in [0.3, 0.4) is 0 Å². The van der Waals surface area contributed by atoms with E-state index in [1.54, 1.807) is 0 Å². The molecule has 3 aromatic carbocycles. The molecule has 192 valence electrons. The van der Waals surface area contributed by atoms with E-state index in [9.17, 15) is 9.59 Å². The molecule has 37 heavy (non-hydrogen) atoms. The fourth-order valence-corrected chi connectivity index (χ4v) is 8.19. The molecule has 0 radical (unpaired) electrons. The second-order valence-electron chi connectivity index (χ2n) is 9.74. The van der Waals surface area contributed by atoms with E-state index in [1.165, 1.54) is 11.1 Å². The molecule has 7 heteroatoms. The molecule has 1 saturated heterocycles. The van der Waals surface area contributed by atoms with Gasteiger partial charge in [0.05, 0.1) is 0 Å². The highest BCUT2D eigenvalue weighted by Crippen LogP contribution is 2.56. The Hall–Kier alpha value is -2.89. The van der Waals surface area contributed by atoms with Crippen LogP contribution in [0, 0.1) is 0 Å². The van der Waals surface area contributed by atoms with Crippen molar-refractivity contribution in [3.05, 3.63) is 102 Å². The fraction of sp³-hybridized carbons (Fsp3) is 0.333. The zero-order valence-corrected chi connectivity index (χ0v) is 22.4. The lowest BCUT2D eigenvalue weighted by atomic mass is 9.83. The maximum atomic E-state index is 12.4. The lowest BCUT2D eigenvalue weighted by Gasteiger charge is -2.38. The molecule has 0 bridgehead atoms. The molecule has 4 atom stereocenters. The van der Waals surface area contributed by atoms with Crippen molar-refractivity contribution in [2.75, 3.05) is 31.1 Å². The Labute approximate surface area is 220 Å². The molecule has 2 N–H and O–H groups in total. The van der Waals surface area contributed by atoms with Gasteiger partial charge in [-0.25, -0.2) is 0 Å². The maximum Gasteiger partial charge on any atom is 0.224 e. The van der Waals surface area contributed by atoms with Gasteiger partial charge in [-0.3, -0.25) is 18.9 Å². The van der Waals surface area contributed by atoms with E-state index in [-0.39, 0.29) is 11.6 Å². The number of anilines is 1. The molecule has 6 nitrogen and oxygen atoms in total. The van der Waals surface area contributed by atoms with Gasteiger partial charge in [0, 0.05) is 51.8 Å². The molecular formula is C30H35N4O2P. The van der Waals surface area contributed by atoms with Crippen molar-refractivity contribution >= 4 is 25.5 Å². The summed E-state index contributed by atoms with van der Waals surface area (Å²) in [6.07, 6.45) is 0.916. The Morgan fingerprint density at radius 2 is 1.19 bits per heavy atom. The molecule has 2 aliphatic rings. The highest BCUT2D eigenvalue weighted by molar-refractivity contribution is 7.53. The number of ketones is 2. The predicted molar refractivity (Wildman–Crippen MR) is 151 cm³/mol. The van der Waals surface area contributed by atoms with E-state index in [0.717, 1.165) is 24.9 Å². The summed E-state index contributed by atoms with van der Waals surface area (Å²) in [6, 6.07) is 30.6. The number of carbonyl (C=O) groups excluding carboxylic acids is 2. The van der Waals surface area contributed by atoms with Crippen molar-refractivity contribution in [3.63, 3.8) is 0 Å². The smallest absolute Gasteiger partial charge is 0.224 e. The Balaban J connectivity index is 1.29. The average Bonchev–Trinajstić information content (AvgIpc) is 3.38. The molecule has 0 aromatic heterocycles. The Morgan fingerprint density at radius 1 is 0.730 bits per heavy atom. The van der Waals surface area contributed by atoms with Gasteiger partial charge in [0.15, 0.2) is 0 Å². The van der Waals surface area contributed by atoms with Crippen LogP contribution in [0.15, 0.2) is 91.0 Å². The highest BCUT2D eigenvalue weighted by atomic mass is 31.1. The Morgan fingerprint density at radius 3 is 1.70 bits per heavy atom. The quantitative estimate of drug-likeness (QED) is 0.292. The highest BCUT2D eigenvalue weighted by Gasteiger charge is 2.49. The van der Waals surface area contributed by atoms with Crippen molar-refractivity contribution in [1.29, 1.82) is 0 Å². The Kier molecular flexibility index (Phi) is 8.11.